The molecule has 0 saturated heterocycles. The Balaban J connectivity index is 1.96. The fraction of sp³-hybridized carbons (Fsp3) is 0.250. The van der Waals surface area contributed by atoms with Crippen molar-refractivity contribution >= 4 is 0 Å². The Bertz CT molecular complexity index is 959. The van der Waals surface area contributed by atoms with Crippen LogP contribution in [0.4, 0.5) is 0 Å². The van der Waals surface area contributed by atoms with Crippen LogP contribution in [-0.4, -0.2) is 27.4 Å². The fourth-order valence-electron chi connectivity index (χ4n) is 3.47. The molecule has 4 heteroatoms. The maximum Gasteiger partial charge on any atom is 0.170 e. The summed E-state index contributed by atoms with van der Waals surface area (Å²) in [6.07, 6.45) is 0.817. The smallest absolute Gasteiger partial charge is 0.170 e. The van der Waals surface area contributed by atoms with Crippen molar-refractivity contribution in [3.05, 3.63) is 60.2 Å². The molecule has 4 rings (SSSR count). The largest absolute Gasteiger partial charge is 0.497 e. The normalized spacial score (nSPS) is 12.5. The minimum Gasteiger partial charge on any atom is -0.497 e. The molecule has 4 nitrogen and oxygen atoms in total. The number of ether oxygens (including phenoxy) is 4. The van der Waals surface area contributed by atoms with Gasteiger partial charge in [-0.05, 0) is 47.9 Å². The van der Waals surface area contributed by atoms with Crippen LogP contribution in [0.3, 0.4) is 0 Å². The summed E-state index contributed by atoms with van der Waals surface area (Å²) in [4.78, 5) is 0. The van der Waals surface area contributed by atoms with Crippen LogP contribution in [0.1, 0.15) is 12.5 Å². The van der Waals surface area contributed by atoms with Crippen LogP contribution in [0.5, 0.6) is 23.0 Å². The molecule has 0 spiro atoms. The molecule has 0 fully saturated rings. The lowest BCUT2D eigenvalue weighted by molar-refractivity contribution is 0.171. The number of methoxy groups -OCH3 is 2. The van der Waals surface area contributed by atoms with E-state index in [-0.39, 0.29) is 0 Å². The standard InChI is InChI=1S/C24H23O4/c1-4-16-15-21(17-5-9-19(25-2)10-6-17)22(24-23(16)27-13-14-28-24)18-7-11-20(26-3)12-8-18/h5-12H,4,13-14H2,1-3H3. The molecule has 1 aliphatic heterocycles. The van der Waals surface area contributed by atoms with Crippen molar-refractivity contribution in [2.45, 2.75) is 13.3 Å². The second kappa shape index (κ2) is 7.85. The summed E-state index contributed by atoms with van der Waals surface area (Å²) in [5.41, 5.74) is 5.09. The van der Waals surface area contributed by atoms with Crippen LogP contribution >= 0.6 is 0 Å². The van der Waals surface area contributed by atoms with Crippen LogP contribution in [0.15, 0.2) is 48.5 Å². The third-order valence-electron chi connectivity index (χ3n) is 4.92. The van der Waals surface area contributed by atoms with Crippen molar-refractivity contribution in [2.75, 3.05) is 27.4 Å². The van der Waals surface area contributed by atoms with Crippen molar-refractivity contribution in [3.63, 3.8) is 0 Å². The van der Waals surface area contributed by atoms with E-state index in [0.29, 0.717) is 13.2 Å². The second-order valence-corrected chi connectivity index (χ2v) is 6.52. The summed E-state index contributed by atoms with van der Waals surface area (Å²) >= 11 is 0. The first-order valence-electron chi connectivity index (χ1n) is 9.41. The van der Waals surface area contributed by atoms with Gasteiger partial charge in [0.1, 0.15) is 24.7 Å². The van der Waals surface area contributed by atoms with Gasteiger partial charge < -0.3 is 18.9 Å². The van der Waals surface area contributed by atoms with Crippen LogP contribution in [-0.2, 0) is 6.42 Å². The summed E-state index contributed by atoms with van der Waals surface area (Å²) in [6.45, 7) is 3.19. The Labute approximate surface area is 165 Å². The first-order valence-corrected chi connectivity index (χ1v) is 9.41. The molecule has 0 N–H and O–H groups in total. The van der Waals surface area contributed by atoms with Gasteiger partial charge in [0.25, 0.3) is 0 Å². The molecule has 0 atom stereocenters. The Morgan fingerprint density at radius 1 is 0.786 bits per heavy atom. The lowest BCUT2D eigenvalue weighted by atomic mass is 9.90. The molecule has 1 heterocycles. The van der Waals surface area contributed by atoms with E-state index in [4.69, 9.17) is 18.9 Å². The van der Waals surface area contributed by atoms with Crippen LogP contribution in [0.2, 0.25) is 0 Å². The van der Waals surface area contributed by atoms with Gasteiger partial charge in [-0.25, -0.2) is 0 Å². The molecular formula is C24H23O4. The van der Waals surface area contributed by atoms with Gasteiger partial charge in [0.15, 0.2) is 11.5 Å². The van der Waals surface area contributed by atoms with E-state index in [1.54, 1.807) is 14.2 Å². The second-order valence-electron chi connectivity index (χ2n) is 6.52. The zero-order valence-electron chi connectivity index (χ0n) is 16.4. The minimum absolute atomic E-state index is 0.533. The first-order chi connectivity index (χ1) is 13.7. The maximum absolute atomic E-state index is 6.11. The lowest BCUT2D eigenvalue weighted by Gasteiger charge is -2.26. The molecule has 0 unspecified atom stereocenters. The van der Waals surface area contributed by atoms with E-state index < -0.39 is 0 Å². The van der Waals surface area contributed by atoms with Crippen LogP contribution in [0.25, 0.3) is 22.3 Å². The summed E-state index contributed by atoms with van der Waals surface area (Å²) in [5, 5.41) is 0. The summed E-state index contributed by atoms with van der Waals surface area (Å²) < 4.78 is 22.7. The van der Waals surface area contributed by atoms with Crippen molar-refractivity contribution in [3.8, 4) is 45.3 Å². The van der Waals surface area contributed by atoms with Crippen molar-refractivity contribution in [2.24, 2.45) is 0 Å². The van der Waals surface area contributed by atoms with Gasteiger partial charge >= 0.3 is 0 Å². The molecule has 3 aromatic rings. The van der Waals surface area contributed by atoms with Crippen LogP contribution < -0.4 is 18.9 Å². The van der Waals surface area contributed by atoms with Crippen LogP contribution in [0, 0.1) is 6.07 Å². The number of fused-ring (bicyclic) bond motifs is 1. The number of hydrogen-bond acceptors (Lipinski definition) is 4. The SMILES string of the molecule is CCc1[c]c(-c2ccc(OC)cc2)c(-c2ccc(OC)cc2)c2c1OCCO2. The molecule has 0 bridgehead atoms. The van der Waals surface area contributed by atoms with Gasteiger partial charge in [-0.1, -0.05) is 31.2 Å². The highest BCUT2D eigenvalue weighted by molar-refractivity contribution is 5.90. The Morgan fingerprint density at radius 3 is 1.86 bits per heavy atom. The van der Waals surface area contributed by atoms with E-state index in [1.165, 1.54) is 0 Å². The molecular weight excluding hydrogens is 352 g/mol. The predicted octanol–water partition coefficient (Wildman–Crippen LogP) is 5.17. The van der Waals surface area contributed by atoms with Gasteiger partial charge in [-0.15, -0.1) is 0 Å². The third kappa shape index (κ3) is 3.26. The average molecular weight is 375 g/mol. The Hall–Kier alpha value is -3.14. The molecule has 0 saturated carbocycles. The number of aryl methyl sites for hydroxylation is 1. The van der Waals surface area contributed by atoms with Gasteiger partial charge in [-0.3, -0.25) is 0 Å². The minimum atomic E-state index is 0.533. The average Bonchev–Trinajstić information content (AvgIpc) is 2.78. The molecule has 28 heavy (non-hydrogen) atoms. The fourth-order valence-corrected chi connectivity index (χ4v) is 3.47. The van der Waals surface area contributed by atoms with Crippen molar-refractivity contribution in [1.29, 1.82) is 0 Å². The van der Waals surface area contributed by atoms with Gasteiger partial charge in [0.2, 0.25) is 0 Å². The summed E-state index contributed by atoms with van der Waals surface area (Å²) in [7, 11) is 3.34. The monoisotopic (exact) mass is 375 g/mol. The quantitative estimate of drug-likeness (QED) is 0.616. The van der Waals surface area contributed by atoms with E-state index in [9.17, 15) is 0 Å². The molecule has 1 radical (unpaired) electrons. The predicted molar refractivity (Wildman–Crippen MR) is 110 cm³/mol. The molecule has 0 aromatic heterocycles. The third-order valence-corrected chi connectivity index (χ3v) is 4.92. The zero-order chi connectivity index (χ0) is 19.5. The van der Waals surface area contributed by atoms with E-state index in [2.05, 4.69) is 13.0 Å². The highest BCUT2D eigenvalue weighted by Crippen LogP contribution is 2.48. The number of benzene rings is 3. The highest BCUT2D eigenvalue weighted by atomic mass is 16.6. The lowest BCUT2D eigenvalue weighted by Crippen LogP contribution is -2.17. The Morgan fingerprint density at radius 2 is 1.32 bits per heavy atom. The number of hydrogen-bond donors (Lipinski definition) is 0. The molecule has 0 amide bonds. The maximum atomic E-state index is 6.11. The summed E-state index contributed by atoms with van der Waals surface area (Å²) in [5.74, 6) is 3.23. The van der Waals surface area contributed by atoms with Gasteiger partial charge in [0.05, 0.1) is 14.2 Å². The summed E-state index contributed by atoms with van der Waals surface area (Å²) in [6, 6.07) is 19.6. The molecule has 3 aromatic carbocycles. The van der Waals surface area contributed by atoms with Gasteiger partial charge in [0, 0.05) is 16.7 Å². The van der Waals surface area contributed by atoms with Crippen molar-refractivity contribution < 1.29 is 18.9 Å². The molecule has 143 valence electrons. The molecule has 1 aliphatic rings. The van der Waals surface area contributed by atoms with Crippen molar-refractivity contribution in [1.82, 2.24) is 0 Å². The first kappa shape index (κ1) is 18.2. The highest BCUT2D eigenvalue weighted by Gasteiger charge is 2.25. The van der Waals surface area contributed by atoms with Gasteiger partial charge in [-0.2, -0.15) is 0 Å². The number of rotatable bonds is 5. The topological polar surface area (TPSA) is 36.9 Å². The van der Waals surface area contributed by atoms with E-state index >= 15 is 0 Å². The van der Waals surface area contributed by atoms with E-state index in [0.717, 1.165) is 57.2 Å². The molecule has 0 aliphatic carbocycles. The zero-order valence-corrected chi connectivity index (χ0v) is 16.4. The Kier molecular flexibility index (Phi) is 5.11. The van der Waals surface area contributed by atoms with E-state index in [1.807, 2.05) is 48.5 Å².